The third kappa shape index (κ3) is 2.41. The van der Waals surface area contributed by atoms with Crippen molar-refractivity contribution in [2.75, 3.05) is 23.0 Å². The van der Waals surface area contributed by atoms with E-state index in [1.807, 2.05) is 23.9 Å². The first kappa shape index (κ1) is 9.41. The van der Waals surface area contributed by atoms with Crippen molar-refractivity contribution in [2.24, 2.45) is 0 Å². The lowest BCUT2D eigenvalue weighted by Gasteiger charge is -2.12. The van der Waals surface area contributed by atoms with E-state index < -0.39 is 0 Å². The maximum Gasteiger partial charge on any atom is 0.155 e. The molecule has 0 nitrogen and oxygen atoms in total. The van der Waals surface area contributed by atoms with Crippen LogP contribution in [0.5, 0.6) is 0 Å². The summed E-state index contributed by atoms with van der Waals surface area (Å²) >= 11 is 2.03. The molecule has 0 saturated carbocycles. The van der Waals surface area contributed by atoms with Crippen molar-refractivity contribution in [1.82, 2.24) is 0 Å². The summed E-state index contributed by atoms with van der Waals surface area (Å²) in [5.41, 5.74) is 0. The molecule has 0 aliphatic carbocycles. The molecular formula is C10H12FS2+. The van der Waals surface area contributed by atoms with Crippen LogP contribution in [0.1, 0.15) is 0 Å². The summed E-state index contributed by atoms with van der Waals surface area (Å²) in [7, 11) is 0.396. The fourth-order valence-electron chi connectivity index (χ4n) is 1.39. The second-order valence-electron chi connectivity index (χ2n) is 2.97. The van der Waals surface area contributed by atoms with Gasteiger partial charge in [-0.15, -0.1) is 0 Å². The second kappa shape index (κ2) is 4.38. The smallest absolute Gasteiger partial charge is 0.155 e. The fourth-order valence-corrected chi connectivity index (χ4v) is 5.34. The van der Waals surface area contributed by atoms with Crippen LogP contribution in [0.4, 0.5) is 4.39 Å². The van der Waals surface area contributed by atoms with Gasteiger partial charge in [0.15, 0.2) is 4.90 Å². The van der Waals surface area contributed by atoms with Gasteiger partial charge in [-0.25, -0.2) is 4.39 Å². The second-order valence-corrected chi connectivity index (χ2v) is 6.47. The van der Waals surface area contributed by atoms with E-state index >= 15 is 0 Å². The lowest BCUT2D eigenvalue weighted by atomic mass is 10.4. The molecule has 1 aromatic rings. The van der Waals surface area contributed by atoms with Gasteiger partial charge in [0.1, 0.15) is 17.3 Å². The van der Waals surface area contributed by atoms with Crippen LogP contribution in [0.25, 0.3) is 0 Å². The Labute approximate surface area is 85.3 Å². The largest absolute Gasteiger partial charge is 0.207 e. The van der Waals surface area contributed by atoms with Crippen molar-refractivity contribution in [3.05, 3.63) is 30.1 Å². The van der Waals surface area contributed by atoms with E-state index in [1.165, 1.54) is 27.9 Å². The van der Waals surface area contributed by atoms with Crippen molar-refractivity contribution in [2.45, 2.75) is 4.90 Å². The molecule has 1 aliphatic rings. The normalized spacial score (nSPS) is 18.8. The quantitative estimate of drug-likeness (QED) is 0.649. The van der Waals surface area contributed by atoms with Crippen LogP contribution >= 0.6 is 11.8 Å². The topological polar surface area (TPSA) is 0 Å². The van der Waals surface area contributed by atoms with Gasteiger partial charge in [0.25, 0.3) is 0 Å². The van der Waals surface area contributed by atoms with Crippen molar-refractivity contribution in [3.63, 3.8) is 0 Å². The molecule has 1 saturated heterocycles. The SMILES string of the molecule is Fc1ccc([S+]2CCSCC2)cc1. The third-order valence-corrected chi connectivity index (χ3v) is 5.93. The lowest BCUT2D eigenvalue weighted by Crippen LogP contribution is -2.20. The molecule has 1 heterocycles. The van der Waals surface area contributed by atoms with Gasteiger partial charge in [-0.05, 0) is 24.3 Å². The number of benzene rings is 1. The number of rotatable bonds is 1. The molecule has 70 valence electrons. The summed E-state index contributed by atoms with van der Waals surface area (Å²) in [5, 5.41) is 0. The Morgan fingerprint density at radius 3 is 2.31 bits per heavy atom. The van der Waals surface area contributed by atoms with E-state index in [2.05, 4.69) is 0 Å². The Kier molecular flexibility index (Phi) is 3.17. The van der Waals surface area contributed by atoms with Gasteiger partial charge >= 0.3 is 0 Å². The first-order valence-corrected chi connectivity index (χ1v) is 7.09. The number of halogens is 1. The molecule has 0 aromatic heterocycles. The molecule has 0 radical (unpaired) electrons. The van der Waals surface area contributed by atoms with E-state index in [0.717, 1.165) is 0 Å². The van der Waals surface area contributed by atoms with Crippen molar-refractivity contribution in [3.8, 4) is 0 Å². The summed E-state index contributed by atoms with van der Waals surface area (Å²) in [5.74, 6) is 4.95. The first-order valence-electron chi connectivity index (χ1n) is 4.37. The van der Waals surface area contributed by atoms with Gasteiger partial charge in [0, 0.05) is 22.4 Å². The Morgan fingerprint density at radius 2 is 1.69 bits per heavy atom. The van der Waals surface area contributed by atoms with Crippen LogP contribution in [0.15, 0.2) is 29.2 Å². The maximum absolute atomic E-state index is 12.7. The number of hydrogen-bond donors (Lipinski definition) is 0. The molecule has 3 heteroatoms. The van der Waals surface area contributed by atoms with Gasteiger partial charge < -0.3 is 0 Å². The first-order chi connectivity index (χ1) is 6.36. The highest BCUT2D eigenvalue weighted by molar-refractivity contribution is 8.05. The lowest BCUT2D eigenvalue weighted by molar-refractivity contribution is 0.626. The molecule has 0 amide bonds. The van der Waals surface area contributed by atoms with E-state index in [0.29, 0.717) is 10.9 Å². The van der Waals surface area contributed by atoms with E-state index in [4.69, 9.17) is 0 Å². The predicted octanol–water partition coefficient (Wildman–Crippen LogP) is 2.55. The predicted molar refractivity (Wildman–Crippen MR) is 59.1 cm³/mol. The Hall–Kier alpha value is -0.150. The zero-order valence-electron chi connectivity index (χ0n) is 7.33. The standard InChI is InChI=1S/C10H12FS2/c11-9-1-3-10(4-2-9)13-7-5-12-6-8-13/h1-4H,5-8H2/q+1. The molecule has 13 heavy (non-hydrogen) atoms. The highest BCUT2D eigenvalue weighted by Crippen LogP contribution is 2.21. The zero-order valence-corrected chi connectivity index (χ0v) is 8.97. The van der Waals surface area contributed by atoms with Crippen molar-refractivity contribution < 1.29 is 4.39 Å². The van der Waals surface area contributed by atoms with E-state index in [9.17, 15) is 4.39 Å². The third-order valence-electron chi connectivity index (χ3n) is 2.10. The zero-order chi connectivity index (χ0) is 9.10. The molecule has 1 aromatic carbocycles. The van der Waals surface area contributed by atoms with Crippen molar-refractivity contribution >= 4 is 22.7 Å². The molecule has 0 bridgehead atoms. The average Bonchev–Trinajstić information content (AvgIpc) is 2.20. The van der Waals surface area contributed by atoms with E-state index in [1.54, 1.807) is 12.1 Å². The number of thioether (sulfide) groups is 1. The van der Waals surface area contributed by atoms with Crippen molar-refractivity contribution in [1.29, 1.82) is 0 Å². The van der Waals surface area contributed by atoms with Gasteiger partial charge in [0.05, 0.1) is 0 Å². The Morgan fingerprint density at radius 1 is 1.08 bits per heavy atom. The minimum absolute atomic E-state index is 0.126. The van der Waals surface area contributed by atoms with Crippen LogP contribution in [-0.2, 0) is 10.9 Å². The molecule has 0 atom stereocenters. The Bertz CT molecular complexity index is 265. The molecule has 1 aliphatic heterocycles. The average molecular weight is 215 g/mol. The Balaban J connectivity index is 2.10. The fraction of sp³-hybridized carbons (Fsp3) is 0.400. The van der Waals surface area contributed by atoms with Crippen LogP contribution < -0.4 is 0 Å². The van der Waals surface area contributed by atoms with Gasteiger partial charge in [-0.2, -0.15) is 11.8 Å². The van der Waals surface area contributed by atoms with Gasteiger partial charge in [-0.1, -0.05) is 0 Å². The molecular weight excluding hydrogens is 203 g/mol. The highest BCUT2D eigenvalue weighted by atomic mass is 32.2. The summed E-state index contributed by atoms with van der Waals surface area (Å²) < 4.78 is 12.7. The van der Waals surface area contributed by atoms with Crippen LogP contribution in [0.2, 0.25) is 0 Å². The van der Waals surface area contributed by atoms with Crippen LogP contribution in [-0.4, -0.2) is 23.0 Å². The molecule has 0 unspecified atom stereocenters. The van der Waals surface area contributed by atoms with Gasteiger partial charge in [0.2, 0.25) is 0 Å². The molecule has 2 rings (SSSR count). The molecule has 0 spiro atoms. The summed E-state index contributed by atoms with van der Waals surface area (Å²) in [6.45, 7) is 0. The maximum atomic E-state index is 12.7. The monoisotopic (exact) mass is 215 g/mol. The van der Waals surface area contributed by atoms with E-state index in [-0.39, 0.29) is 5.82 Å². The minimum atomic E-state index is -0.126. The minimum Gasteiger partial charge on any atom is -0.207 e. The summed E-state index contributed by atoms with van der Waals surface area (Å²) in [4.78, 5) is 1.33. The summed E-state index contributed by atoms with van der Waals surface area (Å²) in [6, 6.07) is 7.02. The van der Waals surface area contributed by atoms with Gasteiger partial charge in [-0.3, -0.25) is 0 Å². The number of hydrogen-bond acceptors (Lipinski definition) is 1. The van der Waals surface area contributed by atoms with Crippen LogP contribution in [0.3, 0.4) is 0 Å². The van der Waals surface area contributed by atoms with Crippen LogP contribution in [0, 0.1) is 5.82 Å². The molecule has 1 fully saturated rings. The molecule has 0 N–H and O–H groups in total. The summed E-state index contributed by atoms with van der Waals surface area (Å²) in [6.07, 6.45) is 0. The highest BCUT2D eigenvalue weighted by Gasteiger charge is 2.24.